The predicted molar refractivity (Wildman–Crippen MR) is 122 cm³/mol. The number of carbonyl (C=O) groups excluding carboxylic acids is 2. The van der Waals surface area contributed by atoms with Gasteiger partial charge in [0.1, 0.15) is 0 Å². The molecule has 2 aromatic heterocycles. The lowest BCUT2D eigenvalue weighted by Crippen LogP contribution is -2.51. The van der Waals surface area contributed by atoms with E-state index in [2.05, 4.69) is 19.9 Å². The van der Waals surface area contributed by atoms with Crippen LogP contribution in [0, 0.1) is 13.8 Å². The van der Waals surface area contributed by atoms with Gasteiger partial charge in [-0.1, -0.05) is 35.2 Å². The Hall–Kier alpha value is -3.13. The van der Waals surface area contributed by atoms with Crippen LogP contribution in [-0.4, -0.2) is 31.9 Å². The lowest BCUT2D eigenvalue weighted by atomic mass is 9.99. The predicted octanol–water partition coefficient (Wildman–Crippen LogP) is 4.24. The number of aryl methyl sites for hydroxylation is 2. The van der Waals surface area contributed by atoms with E-state index in [1.54, 1.807) is 23.7 Å². The topological polar surface area (TPSA) is 88.1 Å². The van der Waals surface area contributed by atoms with Crippen molar-refractivity contribution >= 4 is 29.0 Å². The Morgan fingerprint density at radius 3 is 2.55 bits per heavy atom. The van der Waals surface area contributed by atoms with Gasteiger partial charge in [-0.05, 0) is 69.4 Å². The molecule has 0 aliphatic heterocycles. The summed E-state index contributed by atoms with van der Waals surface area (Å²) in [5.74, 6) is -0.706. The molecule has 31 heavy (non-hydrogen) atoms. The van der Waals surface area contributed by atoms with E-state index >= 15 is 0 Å². The smallest absolute Gasteiger partial charge is 0.280 e. The highest BCUT2D eigenvalue weighted by molar-refractivity contribution is 7.03. The number of amides is 2. The molecule has 0 saturated heterocycles. The van der Waals surface area contributed by atoms with E-state index in [1.807, 2.05) is 58.9 Å². The number of carbonyl (C=O) groups is 2. The third kappa shape index (κ3) is 5.14. The Morgan fingerprint density at radius 2 is 1.97 bits per heavy atom. The number of aromatic nitrogens is 3. The van der Waals surface area contributed by atoms with Gasteiger partial charge in [-0.15, -0.1) is 5.10 Å². The molecule has 7 nitrogen and oxygen atoms in total. The molecule has 0 aliphatic rings. The first kappa shape index (κ1) is 22.6. The summed E-state index contributed by atoms with van der Waals surface area (Å²) >= 11 is 1.09. The van der Waals surface area contributed by atoms with Gasteiger partial charge in [-0.2, -0.15) is 0 Å². The number of hydrogen-bond acceptors (Lipinski definition) is 6. The largest absolute Gasteiger partial charge is 0.349 e. The van der Waals surface area contributed by atoms with Gasteiger partial charge >= 0.3 is 0 Å². The Labute approximate surface area is 186 Å². The molecule has 1 atom stereocenters. The zero-order valence-electron chi connectivity index (χ0n) is 18.4. The second-order valence-corrected chi connectivity index (χ2v) is 8.75. The number of rotatable bonds is 7. The molecule has 0 bridgehead atoms. The second kappa shape index (κ2) is 9.34. The fraction of sp³-hybridized carbons (Fsp3) is 0.348. The van der Waals surface area contributed by atoms with Crippen LogP contribution in [0.25, 0.3) is 0 Å². The van der Waals surface area contributed by atoms with Crippen molar-refractivity contribution in [3.8, 4) is 0 Å². The Kier molecular flexibility index (Phi) is 6.80. The Morgan fingerprint density at radius 1 is 1.19 bits per heavy atom. The standard InChI is InChI=1S/C23H27N5O2S/c1-6-23(4,5)25-21(29)20(17-9-7-8-12-24-17)28(22(30)18-14-31-27-26-18)19-11-10-15(2)13-16(19)3/h7-14,20H,6H2,1-5H3,(H,25,29). The highest BCUT2D eigenvalue weighted by Crippen LogP contribution is 2.32. The van der Waals surface area contributed by atoms with Crippen molar-refractivity contribution < 1.29 is 9.59 Å². The van der Waals surface area contributed by atoms with Crippen LogP contribution in [0.15, 0.2) is 48.0 Å². The van der Waals surface area contributed by atoms with Crippen LogP contribution < -0.4 is 10.2 Å². The summed E-state index contributed by atoms with van der Waals surface area (Å²) in [5, 5.41) is 8.63. The molecule has 0 fully saturated rings. The number of hydrogen-bond donors (Lipinski definition) is 1. The van der Waals surface area contributed by atoms with Gasteiger partial charge in [0, 0.05) is 22.8 Å². The molecule has 0 spiro atoms. The summed E-state index contributed by atoms with van der Waals surface area (Å²) in [4.78, 5) is 33.1. The lowest BCUT2D eigenvalue weighted by Gasteiger charge is -2.34. The van der Waals surface area contributed by atoms with Crippen LogP contribution in [0.2, 0.25) is 0 Å². The van der Waals surface area contributed by atoms with Gasteiger partial charge in [0.25, 0.3) is 5.91 Å². The molecule has 1 N–H and O–H groups in total. The van der Waals surface area contributed by atoms with Gasteiger partial charge < -0.3 is 5.32 Å². The summed E-state index contributed by atoms with van der Waals surface area (Å²) in [5.41, 5.74) is 2.79. The van der Waals surface area contributed by atoms with E-state index in [0.717, 1.165) is 29.1 Å². The van der Waals surface area contributed by atoms with E-state index in [-0.39, 0.29) is 11.6 Å². The van der Waals surface area contributed by atoms with Crippen molar-refractivity contribution in [2.24, 2.45) is 0 Å². The fourth-order valence-corrected chi connectivity index (χ4v) is 3.66. The van der Waals surface area contributed by atoms with Crippen molar-refractivity contribution in [2.45, 2.75) is 52.6 Å². The Balaban J connectivity index is 2.19. The molecule has 0 saturated carbocycles. The van der Waals surface area contributed by atoms with Crippen LogP contribution in [0.5, 0.6) is 0 Å². The van der Waals surface area contributed by atoms with Crippen LogP contribution in [-0.2, 0) is 4.79 Å². The van der Waals surface area contributed by atoms with Gasteiger partial charge in [-0.3, -0.25) is 19.5 Å². The molecular formula is C23H27N5O2S. The van der Waals surface area contributed by atoms with Crippen molar-refractivity contribution in [1.82, 2.24) is 19.9 Å². The van der Waals surface area contributed by atoms with Gasteiger partial charge in [0.05, 0.1) is 5.69 Å². The maximum absolute atomic E-state index is 13.6. The second-order valence-electron chi connectivity index (χ2n) is 8.14. The molecule has 162 valence electrons. The molecule has 3 aromatic rings. The molecular weight excluding hydrogens is 410 g/mol. The molecule has 2 amide bonds. The highest BCUT2D eigenvalue weighted by Gasteiger charge is 2.37. The molecule has 1 unspecified atom stereocenters. The monoisotopic (exact) mass is 437 g/mol. The fourth-order valence-electron chi connectivity index (χ4n) is 3.23. The lowest BCUT2D eigenvalue weighted by molar-refractivity contribution is -0.124. The van der Waals surface area contributed by atoms with Gasteiger partial charge in [-0.25, -0.2) is 0 Å². The summed E-state index contributed by atoms with van der Waals surface area (Å²) in [6.07, 6.45) is 2.36. The minimum atomic E-state index is -0.970. The SMILES string of the molecule is CCC(C)(C)NC(=O)C(c1ccccn1)N(C(=O)c1csnn1)c1ccc(C)cc1C. The Bertz CT molecular complexity index is 1050. The minimum absolute atomic E-state index is 0.188. The van der Waals surface area contributed by atoms with Crippen molar-refractivity contribution in [2.75, 3.05) is 4.90 Å². The normalized spacial score (nSPS) is 12.3. The highest BCUT2D eigenvalue weighted by atomic mass is 32.1. The summed E-state index contributed by atoms with van der Waals surface area (Å²) in [6.45, 7) is 9.82. The molecule has 0 aliphatic carbocycles. The third-order valence-corrected chi connectivity index (χ3v) is 5.73. The number of nitrogens with zero attached hydrogens (tertiary/aromatic N) is 4. The molecule has 1 aromatic carbocycles. The van der Waals surface area contributed by atoms with E-state index in [1.165, 1.54) is 4.90 Å². The summed E-state index contributed by atoms with van der Waals surface area (Å²) in [6, 6.07) is 10.1. The van der Waals surface area contributed by atoms with Crippen molar-refractivity contribution in [1.29, 1.82) is 0 Å². The summed E-state index contributed by atoms with van der Waals surface area (Å²) in [7, 11) is 0. The maximum atomic E-state index is 13.6. The molecule has 8 heteroatoms. The van der Waals surface area contributed by atoms with Crippen molar-refractivity contribution in [3.05, 3.63) is 70.5 Å². The summed E-state index contributed by atoms with van der Waals surface area (Å²) < 4.78 is 3.83. The number of pyridine rings is 1. The zero-order valence-corrected chi connectivity index (χ0v) is 19.2. The number of anilines is 1. The first-order chi connectivity index (χ1) is 14.7. The van der Waals surface area contributed by atoms with Gasteiger partial charge in [0.2, 0.25) is 5.91 Å². The van der Waals surface area contributed by atoms with Crippen LogP contribution in [0.3, 0.4) is 0 Å². The molecule has 2 heterocycles. The van der Waals surface area contributed by atoms with Crippen LogP contribution in [0.4, 0.5) is 5.69 Å². The van der Waals surface area contributed by atoms with E-state index < -0.39 is 17.5 Å². The number of benzene rings is 1. The molecule has 0 radical (unpaired) electrons. The first-order valence-electron chi connectivity index (χ1n) is 10.1. The van der Waals surface area contributed by atoms with E-state index in [4.69, 9.17) is 0 Å². The quantitative estimate of drug-likeness (QED) is 0.597. The average molecular weight is 438 g/mol. The van der Waals surface area contributed by atoms with Crippen molar-refractivity contribution in [3.63, 3.8) is 0 Å². The zero-order chi connectivity index (χ0) is 22.6. The molecule has 3 rings (SSSR count). The van der Waals surface area contributed by atoms with E-state index in [0.29, 0.717) is 11.4 Å². The van der Waals surface area contributed by atoms with Gasteiger partial charge in [0.15, 0.2) is 11.7 Å². The first-order valence-corrected chi connectivity index (χ1v) is 11.0. The van der Waals surface area contributed by atoms with Crippen LogP contribution in [0.1, 0.15) is 60.5 Å². The minimum Gasteiger partial charge on any atom is -0.349 e. The van der Waals surface area contributed by atoms with E-state index in [9.17, 15) is 9.59 Å². The van der Waals surface area contributed by atoms with Crippen LogP contribution >= 0.6 is 11.5 Å². The number of nitrogens with one attached hydrogen (secondary N) is 1. The maximum Gasteiger partial charge on any atom is 0.280 e. The average Bonchev–Trinajstić information content (AvgIpc) is 3.27. The third-order valence-electron chi connectivity index (χ3n) is 5.23.